The van der Waals surface area contributed by atoms with Crippen molar-refractivity contribution in [2.24, 2.45) is 0 Å². The van der Waals surface area contributed by atoms with Gasteiger partial charge >= 0.3 is 0 Å². The number of methoxy groups -OCH3 is 1. The molecule has 3 rings (SSSR count). The minimum atomic E-state index is 0.310. The zero-order chi connectivity index (χ0) is 13.4. The first-order valence-electron chi connectivity index (χ1n) is 5.92. The molecular weight excluding hydrogens is 262 g/mol. The molecule has 0 saturated heterocycles. The SMILES string of the molecule is COc1ccc2[nH]c(-c3snnc3C(C)C)nc2n1. The van der Waals surface area contributed by atoms with E-state index >= 15 is 0 Å². The van der Waals surface area contributed by atoms with Gasteiger partial charge < -0.3 is 9.72 Å². The summed E-state index contributed by atoms with van der Waals surface area (Å²) in [7, 11) is 1.59. The van der Waals surface area contributed by atoms with Crippen molar-refractivity contribution in [3.63, 3.8) is 0 Å². The van der Waals surface area contributed by atoms with Gasteiger partial charge in [-0.25, -0.2) is 4.98 Å². The van der Waals surface area contributed by atoms with Crippen molar-refractivity contribution in [3.05, 3.63) is 17.8 Å². The van der Waals surface area contributed by atoms with Crippen LogP contribution in [0.1, 0.15) is 25.5 Å². The van der Waals surface area contributed by atoms with E-state index in [2.05, 4.69) is 38.4 Å². The van der Waals surface area contributed by atoms with Crippen LogP contribution in [0.15, 0.2) is 12.1 Å². The predicted molar refractivity (Wildman–Crippen MR) is 73.4 cm³/mol. The maximum Gasteiger partial charge on any atom is 0.215 e. The molecule has 7 heteroatoms. The highest BCUT2D eigenvalue weighted by Crippen LogP contribution is 2.30. The standard InChI is InChI=1S/C12H13N5OS/c1-6(2)9-10(19-17-16-9)12-13-7-4-5-8(18-3)14-11(7)15-12/h4-6H,1-3H3,(H,13,14,15). The molecule has 0 bridgehead atoms. The van der Waals surface area contributed by atoms with Crippen molar-refractivity contribution >= 4 is 22.7 Å². The number of nitrogens with one attached hydrogen (secondary N) is 1. The van der Waals surface area contributed by atoms with Gasteiger partial charge in [0.05, 0.1) is 18.3 Å². The highest BCUT2D eigenvalue weighted by Gasteiger charge is 2.17. The Labute approximate surface area is 114 Å². The Morgan fingerprint density at radius 3 is 2.84 bits per heavy atom. The van der Waals surface area contributed by atoms with Crippen LogP contribution in [0.5, 0.6) is 5.88 Å². The van der Waals surface area contributed by atoms with Gasteiger partial charge in [0, 0.05) is 6.07 Å². The normalized spacial score (nSPS) is 11.4. The summed E-state index contributed by atoms with van der Waals surface area (Å²) in [5.41, 5.74) is 2.47. The number of pyridine rings is 1. The van der Waals surface area contributed by atoms with Crippen LogP contribution in [-0.4, -0.2) is 31.6 Å². The summed E-state index contributed by atoms with van der Waals surface area (Å²) in [6.45, 7) is 4.17. The minimum absolute atomic E-state index is 0.310. The quantitative estimate of drug-likeness (QED) is 0.795. The zero-order valence-corrected chi connectivity index (χ0v) is 11.7. The molecule has 19 heavy (non-hydrogen) atoms. The molecule has 0 atom stereocenters. The molecule has 0 unspecified atom stereocenters. The summed E-state index contributed by atoms with van der Waals surface area (Å²) in [5, 5.41) is 4.16. The van der Waals surface area contributed by atoms with Gasteiger partial charge in [0.2, 0.25) is 5.88 Å². The second-order valence-corrected chi connectivity index (χ2v) is 5.21. The molecule has 0 aromatic carbocycles. The lowest BCUT2D eigenvalue weighted by Crippen LogP contribution is -1.91. The van der Waals surface area contributed by atoms with Crippen LogP contribution < -0.4 is 4.74 Å². The lowest BCUT2D eigenvalue weighted by atomic mass is 10.1. The number of H-pyrrole nitrogens is 1. The second kappa shape index (κ2) is 4.58. The molecule has 0 saturated carbocycles. The minimum Gasteiger partial charge on any atom is -0.481 e. The van der Waals surface area contributed by atoms with Gasteiger partial charge in [0.25, 0.3) is 0 Å². The first kappa shape index (κ1) is 12.0. The van der Waals surface area contributed by atoms with Gasteiger partial charge in [0.15, 0.2) is 11.5 Å². The number of imidazole rings is 1. The van der Waals surface area contributed by atoms with Crippen molar-refractivity contribution < 1.29 is 4.74 Å². The number of aromatic amines is 1. The van der Waals surface area contributed by atoms with Crippen LogP contribution in [0.3, 0.4) is 0 Å². The molecule has 3 heterocycles. The number of fused-ring (bicyclic) bond motifs is 1. The van der Waals surface area contributed by atoms with E-state index in [1.54, 1.807) is 13.2 Å². The fraction of sp³-hybridized carbons (Fsp3) is 0.333. The van der Waals surface area contributed by atoms with E-state index < -0.39 is 0 Å². The van der Waals surface area contributed by atoms with Crippen LogP contribution in [-0.2, 0) is 0 Å². The Morgan fingerprint density at radius 2 is 2.11 bits per heavy atom. The van der Waals surface area contributed by atoms with Crippen molar-refractivity contribution in [2.75, 3.05) is 7.11 Å². The highest BCUT2D eigenvalue weighted by molar-refractivity contribution is 7.09. The Morgan fingerprint density at radius 1 is 1.26 bits per heavy atom. The lowest BCUT2D eigenvalue weighted by Gasteiger charge is -2.00. The molecular formula is C12H13N5OS. The fourth-order valence-corrected chi connectivity index (χ4v) is 2.60. The van der Waals surface area contributed by atoms with Crippen molar-refractivity contribution in [1.82, 2.24) is 24.5 Å². The van der Waals surface area contributed by atoms with Crippen molar-refractivity contribution in [3.8, 4) is 16.6 Å². The molecule has 0 aliphatic carbocycles. The maximum atomic E-state index is 5.10. The van der Waals surface area contributed by atoms with Gasteiger partial charge in [-0.3, -0.25) is 0 Å². The van der Waals surface area contributed by atoms with Gasteiger partial charge in [-0.05, 0) is 23.5 Å². The maximum absolute atomic E-state index is 5.10. The first-order valence-corrected chi connectivity index (χ1v) is 6.69. The summed E-state index contributed by atoms with van der Waals surface area (Å²) in [4.78, 5) is 13.0. The van der Waals surface area contributed by atoms with Crippen LogP contribution in [0, 0.1) is 0 Å². The Hall–Kier alpha value is -2.02. The summed E-state index contributed by atoms with van der Waals surface area (Å²) < 4.78 is 9.11. The fourth-order valence-electron chi connectivity index (χ4n) is 1.84. The molecule has 6 nitrogen and oxygen atoms in total. The third-order valence-electron chi connectivity index (χ3n) is 2.80. The third kappa shape index (κ3) is 2.06. The molecule has 1 N–H and O–H groups in total. The van der Waals surface area contributed by atoms with Crippen molar-refractivity contribution in [2.45, 2.75) is 19.8 Å². The number of rotatable bonds is 3. The summed E-state index contributed by atoms with van der Waals surface area (Å²) >= 11 is 1.34. The van der Waals surface area contributed by atoms with Crippen LogP contribution in [0.2, 0.25) is 0 Å². The molecule has 98 valence electrons. The van der Waals surface area contributed by atoms with Crippen LogP contribution in [0.25, 0.3) is 21.9 Å². The van der Waals surface area contributed by atoms with E-state index in [1.165, 1.54) is 11.5 Å². The van der Waals surface area contributed by atoms with E-state index in [0.717, 1.165) is 21.9 Å². The number of ether oxygens (including phenoxy) is 1. The zero-order valence-electron chi connectivity index (χ0n) is 10.8. The third-order valence-corrected chi connectivity index (χ3v) is 3.55. The second-order valence-electron chi connectivity index (χ2n) is 4.45. The smallest absolute Gasteiger partial charge is 0.215 e. The average molecular weight is 275 g/mol. The number of aromatic nitrogens is 5. The Balaban J connectivity index is 2.12. The molecule has 0 radical (unpaired) electrons. The monoisotopic (exact) mass is 275 g/mol. The average Bonchev–Trinajstić information content (AvgIpc) is 3.03. The van der Waals surface area contributed by atoms with Crippen LogP contribution >= 0.6 is 11.5 Å². The largest absolute Gasteiger partial charge is 0.481 e. The number of hydrogen-bond acceptors (Lipinski definition) is 6. The molecule has 0 fully saturated rings. The lowest BCUT2D eigenvalue weighted by molar-refractivity contribution is 0.399. The van der Waals surface area contributed by atoms with Gasteiger partial charge in [0.1, 0.15) is 4.88 Å². The van der Waals surface area contributed by atoms with Gasteiger partial charge in [-0.1, -0.05) is 18.3 Å². The Kier molecular flexibility index (Phi) is 2.90. The predicted octanol–water partition coefficient (Wildman–Crippen LogP) is 2.61. The molecule has 3 aromatic heterocycles. The first-order chi connectivity index (χ1) is 9.19. The van der Waals surface area contributed by atoms with E-state index in [9.17, 15) is 0 Å². The van der Waals surface area contributed by atoms with Gasteiger partial charge in [-0.2, -0.15) is 4.98 Å². The van der Waals surface area contributed by atoms with Crippen LogP contribution in [0.4, 0.5) is 0 Å². The molecule has 3 aromatic rings. The number of hydrogen-bond donors (Lipinski definition) is 1. The van der Waals surface area contributed by atoms with Gasteiger partial charge in [-0.15, -0.1) is 5.10 Å². The summed E-state index contributed by atoms with van der Waals surface area (Å²) in [5.74, 6) is 1.62. The topological polar surface area (TPSA) is 76.6 Å². The summed E-state index contributed by atoms with van der Waals surface area (Å²) in [6, 6.07) is 3.71. The molecule has 0 aliphatic rings. The van der Waals surface area contributed by atoms with E-state index in [4.69, 9.17) is 4.74 Å². The Bertz CT molecular complexity index is 718. The highest BCUT2D eigenvalue weighted by atomic mass is 32.1. The molecule has 0 amide bonds. The van der Waals surface area contributed by atoms with E-state index in [-0.39, 0.29) is 0 Å². The van der Waals surface area contributed by atoms with Crippen molar-refractivity contribution in [1.29, 1.82) is 0 Å². The van der Waals surface area contributed by atoms with E-state index in [0.29, 0.717) is 17.4 Å². The molecule has 0 aliphatic heterocycles. The molecule has 0 spiro atoms. The van der Waals surface area contributed by atoms with E-state index in [1.807, 2.05) is 6.07 Å². The number of nitrogens with zero attached hydrogens (tertiary/aromatic N) is 4. The summed E-state index contributed by atoms with van der Waals surface area (Å²) in [6.07, 6.45) is 0.